The second-order valence-electron chi connectivity index (χ2n) is 4.92. The van der Waals surface area contributed by atoms with Crippen molar-refractivity contribution in [2.45, 2.75) is 26.3 Å². The molecule has 1 aliphatic heterocycles. The zero-order valence-electron chi connectivity index (χ0n) is 11.8. The van der Waals surface area contributed by atoms with Gasteiger partial charge in [0.25, 0.3) is 0 Å². The zero-order valence-corrected chi connectivity index (χ0v) is 11.8. The van der Waals surface area contributed by atoms with Gasteiger partial charge in [-0.2, -0.15) is 0 Å². The van der Waals surface area contributed by atoms with Gasteiger partial charge >= 0.3 is 5.97 Å². The third-order valence-electron chi connectivity index (χ3n) is 3.76. The van der Waals surface area contributed by atoms with Crippen LogP contribution in [-0.4, -0.2) is 32.3 Å². The Bertz CT molecular complexity index is 447. The molecule has 2 unspecified atom stereocenters. The van der Waals surface area contributed by atoms with Gasteiger partial charge in [-0.15, -0.1) is 0 Å². The molecule has 2 rings (SSSR count). The minimum atomic E-state index is -0.171. The molecular weight excluding hydrogens is 242 g/mol. The number of nitrogens with zero attached hydrogens (tertiary/aromatic N) is 1. The molecule has 0 aliphatic carbocycles. The minimum Gasteiger partial charge on any atom is -0.491 e. The molecule has 0 radical (unpaired) electrons. The van der Waals surface area contributed by atoms with E-state index in [1.54, 1.807) is 0 Å². The Kier molecular flexibility index (Phi) is 4.30. The van der Waals surface area contributed by atoms with Crippen LogP contribution in [0.4, 0.5) is 5.69 Å². The predicted molar refractivity (Wildman–Crippen MR) is 74.5 cm³/mol. The Balaban J connectivity index is 2.26. The van der Waals surface area contributed by atoms with Crippen LogP contribution in [0.1, 0.15) is 20.3 Å². The van der Waals surface area contributed by atoms with Crippen LogP contribution >= 0.6 is 0 Å². The van der Waals surface area contributed by atoms with Gasteiger partial charge < -0.3 is 14.4 Å². The number of anilines is 1. The van der Waals surface area contributed by atoms with E-state index < -0.39 is 0 Å². The second-order valence-corrected chi connectivity index (χ2v) is 4.92. The molecule has 0 aromatic heterocycles. The van der Waals surface area contributed by atoms with E-state index in [2.05, 4.69) is 11.8 Å². The molecule has 104 valence electrons. The highest BCUT2D eigenvalue weighted by Crippen LogP contribution is 2.33. The van der Waals surface area contributed by atoms with Crippen LogP contribution in [0.2, 0.25) is 0 Å². The molecule has 0 fully saturated rings. The SMILES string of the molecule is COC(=O)C(C)C(C)N1CCCOc2ccccc21. The molecule has 1 aliphatic rings. The van der Waals surface area contributed by atoms with E-state index in [1.807, 2.05) is 31.2 Å². The summed E-state index contributed by atoms with van der Waals surface area (Å²) in [6.07, 6.45) is 0.951. The summed E-state index contributed by atoms with van der Waals surface area (Å²) >= 11 is 0. The highest BCUT2D eigenvalue weighted by Gasteiger charge is 2.28. The Hall–Kier alpha value is -1.71. The van der Waals surface area contributed by atoms with E-state index in [0.29, 0.717) is 6.61 Å². The smallest absolute Gasteiger partial charge is 0.310 e. The lowest BCUT2D eigenvalue weighted by atomic mass is 10.0. The lowest BCUT2D eigenvalue weighted by Crippen LogP contribution is -2.41. The number of methoxy groups -OCH3 is 1. The molecule has 0 N–H and O–H groups in total. The van der Waals surface area contributed by atoms with Crippen LogP contribution in [0, 0.1) is 5.92 Å². The summed E-state index contributed by atoms with van der Waals surface area (Å²) in [5.41, 5.74) is 1.06. The molecule has 0 amide bonds. The molecule has 1 aromatic carbocycles. The van der Waals surface area contributed by atoms with Gasteiger partial charge in [-0.1, -0.05) is 12.1 Å². The van der Waals surface area contributed by atoms with Crippen LogP contribution in [-0.2, 0) is 9.53 Å². The Morgan fingerprint density at radius 1 is 1.37 bits per heavy atom. The Morgan fingerprint density at radius 3 is 2.84 bits per heavy atom. The first-order chi connectivity index (χ1) is 9.15. The van der Waals surface area contributed by atoms with Gasteiger partial charge in [0.15, 0.2) is 0 Å². The van der Waals surface area contributed by atoms with Gasteiger partial charge in [-0.3, -0.25) is 4.79 Å². The van der Waals surface area contributed by atoms with Gasteiger partial charge in [-0.05, 0) is 32.4 Å². The normalized spacial score (nSPS) is 17.7. The van der Waals surface area contributed by atoms with Crippen molar-refractivity contribution in [2.75, 3.05) is 25.2 Å². The summed E-state index contributed by atoms with van der Waals surface area (Å²) in [6, 6.07) is 8.06. The van der Waals surface area contributed by atoms with Crippen molar-refractivity contribution in [3.05, 3.63) is 24.3 Å². The molecule has 4 nitrogen and oxygen atoms in total. The number of carbonyl (C=O) groups is 1. The lowest BCUT2D eigenvalue weighted by Gasteiger charge is -2.33. The maximum Gasteiger partial charge on any atom is 0.310 e. The maximum absolute atomic E-state index is 11.7. The first-order valence-corrected chi connectivity index (χ1v) is 6.71. The summed E-state index contributed by atoms with van der Waals surface area (Å²) in [6.45, 7) is 5.57. The minimum absolute atomic E-state index is 0.0790. The largest absolute Gasteiger partial charge is 0.491 e. The summed E-state index contributed by atoms with van der Waals surface area (Å²) in [5.74, 6) is 0.551. The van der Waals surface area contributed by atoms with Crippen molar-refractivity contribution < 1.29 is 14.3 Å². The number of rotatable bonds is 3. The summed E-state index contributed by atoms with van der Waals surface area (Å²) < 4.78 is 10.6. The molecule has 1 aromatic rings. The molecule has 0 spiro atoms. The summed E-state index contributed by atoms with van der Waals surface area (Å²) in [5, 5.41) is 0. The Morgan fingerprint density at radius 2 is 2.11 bits per heavy atom. The molecular formula is C15H21NO3. The van der Waals surface area contributed by atoms with Crippen LogP contribution in [0.25, 0.3) is 0 Å². The quantitative estimate of drug-likeness (QED) is 0.785. The zero-order chi connectivity index (χ0) is 13.8. The molecule has 0 saturated carbocycles. The fraction of sp³-hybridized carbons (Fsp3) is 0.533. The average molecular weight is 263 g/mol. The first-order valence-electron chi connectivity index (χ1n) is 6.71. The number of benzene rings is 1. The van der Waals surface area contributed by atoms with Crippen molar-refractivity contribution in [2.24, 2.45) is 5.92 Å². The van der Waals surface area contributed by atoms with E-state index in [4.69, 9.17) is 9.47 Å². The number of fused-ring (bicyclic) bond motifs is 1. The van der Waals surface area contributed by atoms with Crippen molar-refractivity contribution in [1.29, 1.82) is 0 Å². The molecule has 1 heterocycles. The number of hydrogen-bond donors (Lipinski definition) is 0. The van der Waals surface area contributed by atoms with E-state index in [9.17, 15) is 4.79 Å². The number of para-hydroxylation sites is 2. The van der Waals surface area contributed by atoms with Gasteiger partial charge in [0.1, 0.15) is 5.75 Å². The number of carbonyl (C=O) groups excluding carboxylic acids is 1. The van der Waals surface area contributed by atoms with Crippen molar-refractivity contribution in [3.8, 4) is 5.75 Å². The second kappa shape index (κ2) is 5.95. The van der Waals surface area contributed by atoms with Crippen LogP contribution in [0.5, 0.6) is 5.75 Å². The molecule has 4 heteroatoms. The monoisotopic (exact) mass is 263 g/mol. The summed E-state index contributed by atoms with van der Waals surface area (Å²) in [4.78, 5) is 14.0. The first kappa shape index (κ1) is 13.7. The van der Waals surface area contributed by atoms with Gasteiger partial charge in [0.2, 0.25) is 0 Å². The van der Waals surface area contributed by atoms with Crippen molar-refractivity contribution in [3.63, 3.8) is 0 Å². The predicted octanol–water partition coefficient (Wildman–Crippen LogP) is 2.47. The van der Waals surface area contributed by atoms with Crippen molar-refractivity contribution in [1.82, 2.24) is 0 Å². The standard InChI is InChI=1S/C15H21NO3/c1-11(15(17)18-3)12(2)16-9-6-10-19-14-8-5-4-7-13(14)16/h4-5,7-8,11-12H,6,9-10H2,1-3H3. The fourth-order valence-electron chi connectivity index (χ4n) is 2.43. The number of hydrogen-bond acceptors (Lipinski definition) is 4. The van der Waals surface area contributed by atoms with Crippen LogP contribution in [0.15, 0.2) is 24.3 Å². The number of esters is 1. The number of ether oxygens (including phenoxy) is 2. The fourth-order valence-corrected chi connectivity index (χ4v) is 2.43. The summed E-state index contributed by atoms with van der Waals surface area (Å²) in [7, 11) is 1.44. The highest BCUT2D eigenvalue weighted by molar-refractivity contribution is 5.74. The third kappa shape index (κ3) is 2.83. The van der Waals surface area contributed by atoms with Crippen molar-refractivity contribution >= 4 is 11.7 Å². The average Bonchev–Trinajstić information content (AvgIpc) is 2.67. The van der Waals surface area contributed by atoms with Crippen LogP contribution < -0.4 is 9.64 Å². The van der Waals surface area contributed by atoms with Gasteiger partial charge in [0, 0.05) is 12.6 Å². The van der Waals surface area contributed by atoms with E-state index in [0.717, 1.165) is 24.4 Å². The third-order valence-corrected chi connectivity index (χ3v) is 3.76. The van der Waals surface area contributed by atoms with Gasteiger partial charge in [-0.25, -0.2) is 0 Å². The maximum atomic E-state index is 11.7. The van der Waals surface area contributed by atoms with Crippen LogP contribution in [0.3, 0.4) is 0 Å². The van der Waals surface area contributed by atoms with E-state index in [-0.39, 0.29) is 17.9 Å². The topological polar surface area (TPSA) is 38.8 Å². The molecule has 0 bridgehead atoms. The molecule has 19 heavy (non-hydrogen) atoms. The Labute approximate surface area is 114 Å². The molecule has 0 saturated heterocycles. The highest BCUT2D eigenvalue weighted by atomic mass is 16.5. The lowest BCUT2D eigenvalue weighted by molar-refractivity contribution is -0.145. The van der Waals surface area contributed by atoms with E-state index >= 15 is 0 Å². The van der Waals surface area contributed by atoms with E-state index in [1.165, 1.54) is 7.11 Å². The van der Waals surface area contributed by atoms with Gasteiger partial charge in [0.05, 0.1) is 25.3 Å². The molecule has 2 atom stereocenters.